The Balaban J connectivity index is 5.61. The first-order valence-electron chi connectivity index (χ1n) is 11.4. The third kappa shape index (κ3) is 14.9. The van der Waals surface area contributed by atoms with Crippen molar-refractivity contribution in [3.63, 3.8) is 0 Å². The quantitative estimate of drug-likeness (QED) is 0.0427. The van der Waals surface area contributed by atoms with Crippen molar-refractivity contribution in [1.29, 1.82) is 0 Å². The third-order valence-corrected chi connectivity index (χ3v) is 4.92. The van der Waals surface area contributed by atoms with Crippen molar-refractivity contribution in [2.45, 2.75) is 69.1 Å². The maximum Gasteiger partial charge on any atom is 0.326 e. The van der Waals surface area contributed by atoms with E-state index in [1.54, 1.807) is 0 Å². The molecule has 0 aliphatic rings. The zero-order chi connectivity index (χ0) is 28.5. The van der Waals surface area contributed by atoms with Gasteiger partial charge in [0.05, 0.1) is 18.9 Å². The molecule has 0 fully saturated rings. The first kappa shape index (κ1) is 33.0. The van der Waals surface area contributed by atoms with Crippen LogP contribution in [0.15, 0.2) is 4.99 Å². The van der Waals surface area contributed by atoms with E-state index in [0.29, 0.717) is 19.4 Å². The van der Waals surface area contributed by atoms with Crippen molar-refractivity contribution in [3.8, 4) is 0 Å². The van der Waals surface area contributed by atoms with E-state index in [2.05, 4.69) is 20.9 Å². The Hall–Kier alpha value is -3.99. The van der Waals surface area contributed by atoms with E-state index in [-0.39, 0.29) is 31.8 Å². The number of nitrogens with two attached hydrogens (primary N) is 5. The second-order valence-electron chi connectivity index (χ2n) is 8.13. The number of aliphatic imine (C=N–C) groups is 1. The molecule has 0 rings (SSSR count). The summed E-state index contributed by atoms with van der Waals surface area (Å²) in [7, 11) is 0. The van der Waals surface area contributed by atoms with E-state index in [1.165, 1.54) is 0 Å². The lowest BCUT2D eigenvalue weighted by atomic mass is 10.1. The maximum absolute atomic E-state index is 12.9. The van der Waals surface area contributed by atoms with Gasteiger partial charge in [-0.25, -0.2) is 4.79 Å². The average Bonchev–Trinajstić information content (AvgIpc) is 2.79. The van der Waals surface area contributed by atoms with Crippen LogP contribution in [-0.2, 0) is 28.8 Å². The Morgan fingerprint density at radius 1 is 0.730 bits per heavy atom. The summed E-state index contributed by atoms with van der Waals surface area (Å²) in [6, 6.07) is -5.70. The van der Waals surface area contributed by atoms with E-state index < -0.39 is 72.6 Å². The molecule has 4 amide bonds. The monoisotopic (exact) mass is 531 g/mol. The number of nitrogens with one attached hydrogen (secondary N) is 3. The van der Waals surface area contributed by atoms with E-state index in [0.717, 1.165) is 0 Å². The van der Waals surface area contributed by atoms with Crippen LogP contribution in [0.1, 0.15) is 44.9 Å². The average molecular weight is 532 g/mol. The van der Waals surface area contributed by atoms with Gasteiger partial charge in [-0.1, -0.05) is 6.42 Å². The summed E-state index contributed by atoms with van der Waals surface area (Å²) in [5, 5.41) is 25.1. The van der Waals surface area contributed by atoms with Gasteiger partial charge >= 0.3 is 11.9 Å². The van der Waals surface area contributed by atoms with Gasteiger partial charge < -0.3 is 54.8 Å². The summed E-state index contributed by atoms with van der Waals surface area (Å²) in [5.41, 5.74) is 26.7. The number of nitrogens with zero attached hydrogens (tertiary/aromatic N) is 1. The molecule has 4 unspecified atom stereocenters. The highest BCUT2D eigenvalue weighted by Gasteiger charge is 2.31. The molecule has 210 valence electrons. The lowest BCUT2D eigenvalue weighted by Gasteiger charge is -2.24. The van der Waals surface area contributed by atoms with Gasteiger partial charge in [-0.15, -0.1) is 0 Å². The topological polar surface area (TPSA) is 321 Å². The van der Waals surface area contributed by atoms with Crippen LogP contribution in [0.3, 0.4) is 0 Å². The Morgan fingerprint density at radius 3 is 1.81 bits per heavy atom. The smallest absolute Gasteiger partial charge is 0.326 e. The highest BCUT2D eigenvalue weighted by molar-refractivity contribution is 5.96. The summed E-state index contributed by atoms with van der Waals surface area (Å²) >= 11 is 0. The van der Waals surface area contributed by atoms with E-state index in [1.807, 2.05) is 0 Å². The zero-order valence-electron chi connectivity index (χ0n) is 20.4. The second kappa shape index (κ2) is 17.4. The van der Waals surface area contributed by atoms with Crippen LogP contribution in [0.2, 0.25) is 0 Å². The highest BCUT2D eigenvalue weighted by Crippen LogP contribution is 2.05. The molecule has 0 spiro atoms. The van der Waals surface area contributed by atoms with E-state index in [9.17, 15) is 39.0 Å². The van der Waals surface area contributed by atoms with Gasteiger partial charge in [0.15, 0.2) is 5.96 Å². The fourth-order valence-corrected chi connectivity index (χ4v) is 3.02. The predicted molar refractivity (Wildman–Crippen MR) is 130 cm³/mol. The summed E-state index contributed by atoms with van der Waals surface area (Å²) in [6.07, 6.45) is -0.102. The molecular weight excluding hydrogens is 494 g/mol. The molecule has 0 aromatic carbocycles. The molecular formula is C20H37N9O8. The largest absolute Gasteiger partial charge is 0.481 e. The van der Waals surface area contributed by atoms with Crippen LogP contribution >= 0.6 is 0 Å². The highest BCUT2D eigenvalue weighted by atomic mass is 16.4. The Morgan fingerprint density at radius 2 is 1.30 bits per heavy atom. The number of carbonyl (C=O) groups is 6. The van der Waals surface area contributed by atoms with Gasteiger partial charge in [-0.2, -0.15) is 0 Å². The normalized spacial score (nSPS) is 13.8. The lowest BCUT2D eigenvalue weighted by Crippen LogP contribution is -2.57. The number of primary amides is 1. The number of guanidine groups is 1. The van der Waals surface area contributed by atoms with Crippen LogP contribution in [0, 0.1) is 0 Å². The minimum Gasteiger partial charge on any atom is -0.481 e. The summed E-state index contributed by atoms with van der Waals surface area (Å²) in [5.74, 6) is -6.98. The fourth-order valence-electron chi connectivity index (χ4n) is 3.02. The zero-order valence-corrected chi connectivity index (χ0v) is 20.4. The predicted octanol–water partition coefficient (Wildman–Crippen LogP) is -4.61. The van der Waals surface area contributed by atoms with Crippen molar-refractivity contribution >= 4 is 41.5 Å². The first-order chi connectivity index (χ1) is 17.3. The van der Waals surface area contributed by atoms with Crippen molar-refractivity contribution in [1.82, 2.24) is 16.0 Å². The fraction of sp³-hybridized carbons (Fsp3) is 0.650. The van der Waals surface area contributed by atoms with Crippen molar-refractivity contribution in [2.75, 3.05) is 13.1 Å². The number of carbonyl (C=O) groups excluding carboxylic acids is 4. The second-order valence-corrected chi connectivity index (χ2v) is 8.13. The number of unbranched alkanes of at least 4 members (excludes halogenated alkanes) is 1. The number of rotatable bonds is 19. The van der Waals surface area contributed by atoms with Gasteiger partial charge in [0.1, 0.15) is 18.1 Å². The molecule has 0 aliphatic heterocycles. The number of amides is 4. The van der Waals surface area contributed by atoms with Crippen LogP contribution in [0.5, 0.6) is 0 Å². The van der Waals surface area contributed by atoms with Gasteiger partial charge in [-0.05, 0) is 32.2 Å². The van der Waals surface area contributed by atoms with Gasteiger partial charge in [0, 0.05) is 6.54 Å². The van der Waals surface area contributed by atoms with Crippen LogP contribution in [0.25, 0.3) is 0 Å². The molecule has 0 radical (unpaired) electrons. The molecule has 4 atom stereocenters. The molecule has 37 heavy (non-hydrogen) atoms. The third-order valence-electron chi connectivity index (χ3n) is 4.92. The van der Waals surface area contributed by atoms with Crippen LogP contribution in [-0.4, -0.2) is 89.0 Å². The van der Waals surface area contributed by atoms with Gasteiger partial charge in [0.2, 0.25) is 23.6 Å². The lowest BCUT2D eigenvalue weighted by molar-refractivity contribution is -0.144. The van der Waals surface area contributed by atoms with Crippen LogP contribution < -0.4 is 44.6 Å². The number of hydrogen-bond donors (Lipinski definition) is 10. The van der Waals surface area contributed by atoms with E-state index in [4.69, 9.17) is 28.7 Å². The van der Waals surface area contributed by atoms with Crippen molar-refractivity contribution in [2.24, 2.45) is 33.7 Å². The van der Waals surface area contributed by atoms with Crippen LogP contribution in [0.4, 0.5) is 0 Å². The summed E-state index contributed by atoms with van der Waals surface area (Å²) < 4.78 is 0. The molecule has 0 saturated heterocycles. The summed E-state index contributed by atoms with van der Waals surface area (Å²) in [6.45, 7) is 0.450. The first-order valence-corrected chi connectivity index (χ1v) is 11.4. The molecule has 17 heteroatoms. The molecule has 0 bridgehead atoms. The Kier molecular flexibility index (Phi) is 15.6. The van der Waals surface area contributed by atoms with E-state index >= 15 is 0 Å². The minimum atomic E-state index is -1.68. The Bertz CT molecular complexity index is 848. The Labute approximate surface area is 212 Å². The standard InChI is InChI=1S/C20H37N9O8/c21-6-2-1-4-10(22)16(33)28-12(9-15(31)32)18(35)27-11(5-3-7-26-20(24)25)17(34)29-13(19(36)37)8-14(23)30/h10-13H,1-9,21-22H2,(H2,23,30)(H,27,35)(H,28,33)(H,29,34)(H,31,32)(H,36,37)(H4,24,25,26). The summed E-state index contributed by atoms with van der Waals surface area (Å²) in [4.78, 5) is 75.6. The minimum absolute atomic E-state index is 0.0541. The number of aliphatic carboxylic acids is 2. The molecule has 0 saturated carbocycles. The number of hydrogen-bond acceptors (Lipinski definition) is 9. The SMILES string of the molecule is NCCCCC(N)C(=O)NC(CC(=O)O)C(=O)NC(CCCN=C(N)N)C(=O)NC(CC(N)=O)C(=O)O. The molecule has 0 heterocycles. The molecule has 0 aromatic rings. The number of carboxylic acids is 2. The van der Waals surface area contributed by atoms with Crippen molar-refractivity contribution in [3.05, 3.63) is 0 Å². The molecule has 15 N–H and O–H groups in total. The molecule has 0 aromatic heterocycles. The number of carboxylic acid groups (broad SMARTS) is 2. The van der Waals surface area contributed by atoms with Gasteiger partial charge in [0.25, 0.3) is 0 Å². The van der Waals surface area contributed by atoms with Crippen molar-refractivity contribution < 1.29 is 39.0 Å². The molecule has 0 aliphatic carbocycles. The van der Waals surface area contributed by atoms with Gasteiger partial charge in [-0.3, -0.25) is 29.0 Å². The maximum atomic E-state index is 12.9. The molecule has 17 nitrogen and oxygen atoms in total.